The van der Waals surface area contributed by atoms with Crippen molar-refractivity contribution < 1.29 is 14.6 Å². The van der Waals surface area contributed by atoms with Gasteiger partial charge in [0.2, 0.25) is 0 Å². The molecular formula is C11H18O3. The van der Waals surface area contributed by atoms with Crippen LogP contribution in [0.4, 0.5) is 0 Å². The third-order valence-corrected chi connectivity index (χ3v) is 2.98. The zero-order chi connectivity index (χ0) is 10.3. The van der Waals surface area contributed by atoms with Gasteiger partial charge in [-0.25, -0.2) is 0 Å². The highest BCUT2D eigenvalue weighted by molar-refractivity contribution is 5.14. The maximum absolute atomic E-state index is 9.78. The van der Waals surface area contributed by atoms with Crippen LogP contribution in [0.3, 0.4) is 0 Å². The first kappa shape index (κ1) is 10.1. The van der Waals surface area contributed by atoms with Crippen molar-refractivity contribution in [1.82, 2.24) is 0 Å². The molecule has 3 atom stereocenters. The van der Waals surface area contributed by atoms with Gasteiger partial charge in [0, 0.05) is 6.42 Å². The summed E-state index contributed by atoms with van der Waals surface area (Å²) < 4.78 is 11.5. The number of ether oxygens (including phenoxy) is 2. The van der Waals surface area contributed by atoms with E-state index in [2.05, 4.69) is 0 Å². The van der Waals surface area contributed by atoms with Gasteiger partial charge in [0.15, 0.2) is 5.79 Å². The summed E-state index contributed by atoms with van der Waals surface area (Å²) in [6.45, 7) is 5.81. The monoisotopic (exact) mass is 198 g/mol. The van der Waals surface area contributed by atoms with Gasteiger partial charge >= 0.3 is 0 Å². The molecule has 80 valence electrons. The first-order valence-corrected chi connectivity index (χ1v) is 5.20. The van der Waals surface area contributed by atoms with E-state index in [9.17, 15) is 5.11 Å². The standard InChI is InChI=1S/C11H18O3/c1-4-7-5-9-10(6-8(7)12)14-11(2,3)13-9/h4,8-10,12H,5-6H2,1-3H3/b7-4-/t8-,9-,10+/m0/s1. The van der Waals surface area contributed by atoms with Crippen molar-refractivity contribution in [2.75, 3.05) is 0 Å². The molecule has 1 saturated carbocycles. The highest BCUT2D eigenvalue weighted by Crippen LogP contribution is 2.38. The number of allylic oxidation sites excluding steroid dienone is 1. The largest absolute Gasteiger partial charge is 0.389 e. The highest BCUT2D eigenvalue weighted by atomic mass is 16.8. The van der Waals surface area contributed by atoms with Crippen molar-refractivity contribution in [1.29, 1.82) is 0 Å². The summed E-state index contributed by atoms with van der Waals surface area (Å²) >= 11 is 0. The van der Waals surface area contributed by atoms with Crippen molar-refractivity contribution in [2.45, 2.75) is 57.7 Å². The molecule has 0 radical (unpaired) electrons. The minimum atomic E-state index is -0.488. The first-order chi connectivity index (χ1) is 6.52. The zero-order valence-electron chi connectivity index (χ0n) is 8.99. The van der Waals surface area contributed by atoms with Crippen LogP contribution in [0.2, 0.25) is 0 Å². The van der Waals surface area contributed by atoms with E-state index in [1.54, 1.807) is 0 Å². The molecule has 2 rings (SSSR count). The molecule has 0 spiro atoms. The lowest BCUT2D eigenvalue weighted by Crippen LogP contribution is -2.35. The quantitative estimate of drug-likeness (QED) is 0.601. The molecule has 1 N–H and O–H groups in total. The number of fused-ring (bicyclic) bond motifs is 1. The Morgan fingerprint density at radius 3 is 2.64 bits per heavy atom. The first-order valence-electron chi connectivity index (χ1n) is 5.20. The van der Waals surface area contributed by atoms with Gasteiger partial charge in [-0.1, -0.05) is 6.08 Å². The second-order valence-corrected chi connectivity index (χ2v) is 4.53. The smallest absolute Gasteiger partial charge is 0.163 e. The van der Waals surface area contributed by atoms with Gasteiger partial charge in [0.1, 0.15) is 0 Å². The summed E-state index contributed by atoms with van der Waals surface area (Å²) in [4.78, 5) is 0. The lowest BCUT2D eigenvalue weighted by Gasteiger charge is -2.28. The fraction of sp³-hybridized carbons (Fsp3) is 0.818. The van der Waals surface area contributed by atoms with Crippen LogP contribution in [0.25, 0.3) is 0 Å². The Morgan fingerprint density at radius 1 is 1.36 bits per heavy atom. The molecule has 1 aliphatic heterocycles. The van der Waals surface area contributed by atoms with Crippen LogP contribution in [0.15, 0.2) is 11.6 Å². The minimum Gasteiger partial charge on any atom is -0.389 e. The van der Waals surface area contributed by atoms with Crippen LogP contribution >= 0.6 is 0 Å². The van der Waals surface area contributed by atoms with Crippen molar-refractivity contribution in [3.8, 4) is 0 Å². The van der Waals surface area contributed by atoms with Gasteiger partial charge in [-0.05, 0) is 32.8 Å². The van der Waals surface area contributed by atoms with Gasteiger partial charge in [0.05, 0.1) is 18.3 Å². The van der Waals surface area contributed by atoms with Gasteiger partial charge in [0.25, 0.3) is 0 Å². The van der Waals surface area contributed by atoms with Crippen LogP contribution in [0, 0.1) is 0 Å². The van der Waals surface area contributed by atoms with Crippen molar-refractivity contribution in [3.63, 3.8) is 0 Å². The maximum atomic E-state index is 9.78. The third kappa shape index (κ3) is 1.72. The molecule has 2 fully saturated rings. The normalized spacial score (nSPS) is 44.0. The van der Waals surface area contributed by atoms with Gasteiger partial charge < -0.3 is 14.6 Å². The van der Waals surface area contributed by atoms with Crippen molar-refractivity contribution in [3.05, 3.63) is 11.6 Å². The molecule has 2 aliphatic rings. The molecule has 3 heteroatoms. The van der Waals surface area contributed by atoms with E-state index in [1.165, 1.54) is 0 Å². The topological polar surface area (TPSA) is 38.7 Å². The average molecular weight is 198 g/mol. The Kier molecular flexibility index (Phi) is 2.41. The molecule has 1 saturated heterocycles. The molecule has 1 aliphatic carbocycles. The Hall–Kier alpha value is -0.380. The van der Waals surface area contributed by atoms with Crippen LogP contribution in [0.1, 0.15) is 33.6 Å². The molecule has 0 bridgehead atoms. The summed E-state index contributed by atoms with van der Waals surface area (Å²) in [5, 5.41) is 9.78. The van der Waals surface area contributed by atoms with Crippen LogP contribution in [-0.2, 0) is 9.47 Å². The molecule has 14 heavy (non-hydrogen) atoms. The summed E-state index contributed by atoms with van der Waals surface area (Å²) in [5.41, 5.74) is 1.08. The molecule has 0 aromatic carbocycles. The predicted molar refractivity (Wildman–Crippen MR) is 52.8 cm³/mol. The summed E-state index contributed by atoms with van der Waals surface area (Å²) in [6, 6.07) is 0. The number of aliphatic hydroxyl groups is 1. The van der Waals surface area contributed by atoms with Crippen molar-refractivity contribution in [2.24, 2.45) is 0 Å². The van der Waals surface area contributed by atoms with E-state index >= 15 is 0 Å². The minimum absolute atomic E-state index is 0.0590. The van der Waals surface area contributed by atoms with Crippen LogP contribution in [-0.4, -0.2) is 29.2 Å². The second-order valence-electron chi connectivity index (χ2n) is 4.53. The highest BCUT2D eigenvalue weighted by Gasteiger charge is 2.45. The average Bonchev–Trinajstić information content (AvgIpc) is 2.36. The zero-order valence-corrected chi connectivity index (χ0v) is 8.99. The lowest BCUT2D eigenvalue weighted by atomic mass is 9.88. The number of hydrogen-bond donors (Lipinski definition) is 1. The third-order valence-electron chi connectivity index (χ3n) is 2.98. The van der Waals surface area contributed by atoms with E-state index in [1.807, 2.05) is 26.8 Å². The van der Waals surface area contributed by atoms with Crippen LogP contribution < -0.4 is 0 Å². The van der Waals surface area contributed by atoms with E-state index < -0.39 is 5.79 Å². The van der Waals surface area contributed by atoms with Crippen LogP contribution in [0.5, 0.6) is 0 Å². The summed E-state index contributed by atoms with van der Waals surface area (Å²) in [7, 11) is 0. The number of aliphatic hydroxyl groups excluding tert-OH is 1. The Labute approximate surface area is 84.7 Å². The van der Waals surface area contributed by atoms with E-state index in [0.717, 1.165) is 12.0 Å². The fourth-order valence-corrected chi connectivity index (χ4v) is 2.33. The number of hydrogen-bond acceptors (Lipinski definition) is 3. The van der Waals surface area contributed by atoms with E-state index in [4.69, 9.17) is 9.47 Å². The van der Waals surface area contributed by atoms with E-state index in [-0.39, 0.29) is 18.3 Å². The Bertz CT molecular complexity index is 257. The van der Waals surface area contributed by atoms with Gasteiger partial charge in [-0.15, -0.1) is 0 Å². The molecule has 0 aromatic heterocycles. The van der Waals surface area contributed by atoms with E-state index in [0.29, 0.717) is 6.42 Å². The Morgan fingerprint density at radius 2 is 2.00 bits per heavy atom. The number of rotatable bonds is 0. The second kappa shape index (κ2) is 3.33. The van der Waals surface area contributed by atoms with Gasteiger partial charge in [-0.3, -0.25) is 0 Å². The molecular weight excluding hydrogens is 180 g/mol. The SMILES string of the molecule is C/C=C1/C[C@@H]2OC(C)(C)O[C@@H]2C[C@@H]1O. The molecule has 0 unspecified atom stereocenters. The molecule has 3 nitrogen and oxygen atoms in total. The molecule has 1 heterocycles. The van der Waals surface area contributed by atoms with Gasteiger partial charge in [-0.2, -0.15) is 0 Å². The summed E-state index contributed by atoms with van der Waals surface area (Å²) in [5.74, 6) is -0.488. The maximum Gasteiger partial charge on any atom is 0.163 e. The predicted octanol–water partition coefficient (Wildman–Crippen LogP) is 1.61. The molecule has 0 amide bonds. The lowest BCUT2D eigenvalue weighted by molar-refractivity contribution is -0.146. The fourth-order valence-electron chi connectivity index (χ4n) is 2.33. The Balaban J connectivity index is 2.11. The molecule has 0 aromatic rings. The van der Waals surface area contributed by atoms with Crippen molar-refractivity contribution >= 4 is 0 Å². The summed E-state index contributed by atoms with van der Waals surface area (Å²) in [6.07, 6.45) is 3.27.